The number of hydrogen-bond acceptors (Lipinski definition) is 3. The van der Waals surface area contributed by atoms with Crippen molar-refractivity contribution in [3.8, 4) is 0 Å². The second kappa shape index (κ2) is 8.98. The van der Waals surface area contributed by atoms with Crippen molar-refractivity contribution in [3.05, 3.63) is 0 Å². The molecule has 0 fully saturated rings. The van der Waals surface area contributed by atoms with E-state index in [1.54, 1.807) is 13.8 Å². The molecule has 0 heterocycles. The zero-order chi connectivity index (χ0) is 13.3. The SMILES string of the molecule is CCCCCOCC(=O)N[C@H](C(=O)O)C(C)C. The molecule has 1 atom stereocenters. The molecule has 0 spiro atoms. The molecule has 5 nitrogen and oxygen atoms in total. The number of ether oxygens (including phenoxy) is 1. The molecule has 0 bridgehead atoms. The van der Waals surface area contributed by atoms with Crippen molar-refractivity contribution in [2.75, 3.05) is 13.2 Å². The standard InChI is InChI=1S/C12H23NO4/c1-4-5-6-7-17-8-10(14)13-11(9(2)3)12(15)16/h9,11H,4-8H2,1-3H3,(H,13,14)(H,15,16)/t11-/m0/s1. The second-order valence-electron chi connectivity index (χ2n) is 4.39. The number of carboxylic acids is 1. The van der Waals surface area contributed by atoms with Crippen LogP contribution in [0.5, 0.6) is 0 Å². The van der Waals surface area contributed by atoms with Crippen molar-refractivity contribution >= 4 is 11.9 Å². The van der Waals surface area contributed by atoms with E-state index in [4.69, 9.17) is 9.84 Å². The smallest absolute Gasteiger partial charge is 0.326 e. The average molecular weight is 245 g/mol. The third kappa shape index (κ3) is 7.74. The average Bonchev–Trinajstić information content (AvgIpc) is 2.24. The molecule has 0 aliphatic carbocycles. The molecule has 100 valence electrons. The van der Waals surface area contributed by atoms with Gasteiger partial charge in [0.05, 0.1) is 0 Å². The molecule has 17 heavy (non-hydrogen) atoms. The van der Waals surface area contributed by atoms with Gasteiger partial charge in [0.25, 0.3) is 0 Å². The summed E-state index contributed by atoms with van der Waals surface area (Å²) in [7, 11) is 0. The molecular formula is C12H23NO4. The van der Waals surface area contributed by atoms with E-state index in [1.807, 2.05) is 0 Å². The van der Waals surface area contributed by atoms with E-state index in [1.165, 1.54) is 0 Å². The molecule has 0 unspecified atom stereocenters. The molecule has 1 amide bonds. The van der Waals surface area contributed by atoms with Crippen LogP contribution >= 0.6 is 0 Å². The minimum atomic E-state index is -1.01. The summed E-state index contributed by atoms with van der Waals surface area (Å²) in [5, 5.41) is 11.3. The number of aliphatic carboxylic acids is 1. The van der Waals surface area contributed by atoms with E-state index in [-0.39, 0.29) is 18.4 Å². The van der Waals surface area contributed by atoms with E-state index in [2.05, 4.69) is 12.2 Å². The predicted molar refractivity (Wildman–Crippen MR) is 64.7 cm³/mol. The van der Waals surface area contributed by atoms with Crippen LogP contribution in [0.2, 0.25) is 0 Å². The van der Waals surface area contributed by atoms with E-state index in [0.29, 0.717) is 6.61 Å². The first-order valence-corrected chi connectivity index (χ1v) is 6.09. The highest BCUT2D eigenvalue weighted by Crippen LogP contribution is 2.01. The highest BCUT2D eigenvalue weighted by Gasteiger charge is 2.23. The molecule has 0 aromatic heterocycles. The van der Waals surface area contributed by atoms with Crippen LogP contribution < -0.4 is 5.32 Å². The lowest BCUT2D eigenvalue weighted by atomic mass is 10.1. The first-order valence-electron chi connectivity index (χ1n) is 6.09. The summed E-state index contributed by atoms with van der Waals surface area (Å²) in [6.45, 7) is 6.07. The topological polar surface area (TPSA) is 75.6 Å². The number of amides is 1. The lowest BCUT2D eigenvalue weighted by Crippen LogP contribution is -2.45. The Labute approximate surface area is 103 Å². The largest absolute Gasteiger partial charge is 0.480 e. The van der Waals surface area contributed by atoms with Crippen LogP contribution in [0.4, 0.5) is 0 Å². The maximum Gasteiger partial charge on any atom is 0.326 e. The Bertz CT molecular complexity index is 241. The van der Waals surface area contributed by atoms with E-state index >= 15 is 0 Å². The lowest BCUT2D eigenvalue weighted by Gasteiger charge is -2.17. The molecular weight excluding hydrogens is 222 g/mol. The number of rotatable bonds is 9. The van der Waals surface area contributed by atoms with Gasteiger partial charge in [-0.05, 0) is 12.3 Å². The van der Waals surface area contributed by atoms with Crippen LogP contribution in [0.1, 0.15) is 40.0 Å². The Morgan fingerprint density at radius 1 is 1.29 bits per heavy atom. The molecule has 0 aliphatic heterocycles. The number of carbonyl (C=O) groups excluding carboxylic acids is 1. The van der Waals surface area contributed by atoms with Crippen molar-refractivity contribution in [2.24, 2.45) is 5.92 Å². The number of carbonyl (C=O) groups is 2. The molecule has 5 heteroatoms. The number of nitrogens with one attached hydrogen (secondary N) is 1. The van der Waals surface area contributed by atoms with Crippen molar-refractivity contribution in [1.29, 1.82) is 0 Å². The van der Waals surface area contributed by atoms with E-state index in [9.17, 15) is 9.59 Å². The Morgan fingerprint density at radius 2 is 1.94 bits per heavy atom. The normalized spacial score (nSPS) is 12.5. The molecule has 0 radical (unpaired) electrons. The Morgan fingerprint density at radius 3 is 2.41 bits per heavy atom. The molecule has 0 aromatic carbocycles. The van der Waals surface area contributed by atoms with Gasteiger partial charge >= 0.3 is 5.97 Å². The lowest BCUT2D eigenvalue weighted by molar-refractivity contribution is -0.143. The van der Waals surface area contributed by atoms with E-state index < -0.39 is 12.0 Å². The van der Waals surface area contributed by atoms with Gasteiger partial charge in [-0.2, -0.15) is 0 Å². The number of carboxylic acid groups (broad SMARTS) is 1. The summed E-state index contributed by atoms with van der Waals surface area (Å²) in [4.78, 5) is 22.2. The summed E-state index contributed by atoms with van der Waals surface area (Å²) in [6.07, 6.45) is 3.10. The van der Waals surface area contributed by atoms with E-state index in [0.717, 1.165) is 19.3 Å². The predicted octanol–water partition coefficient (Wildman–Crippen LogP) is 1.42. The molecule has 0 rings (SSSR count). The van der Waals surface area contributed by atoms with Gasteiger partial charge in [0.15, 0.2) is 0 Å². The maximum absolute atomic E-state index is 11.4. The summed E-state index contributed by atoms with van der Waals surface area (Å²) in [5.41, 5.74) is 0. The van der Waals surface area contributed by atoms with Crippen molar-refractivity contribution in [3.63, 3.8) is 0 Å². The zero-order valence-electron chi connectivity index (χ0n) is 10.9. The fourth-order valence-electron chi connectivity index (χ4n) is 1.35. The Kier molecular flexibility index (Phi) is 8.40. The quantitative estimate of drug-likeness (QED) is 0.602. The van der Waals surface area contributed by atoms with Gasteiger partial charge in [-0.15, -0.1) is 0 Å². The number of hydrogen-bond donors (Lipinski definition) is 2. The fraction of sp³-hybridized carbons (Fsp3) is 0.833. The third-order valence-corrected chi connectivity index (χ3v) is 2.37. The summed E-state index contributed by atoms with van der Waals surface area (Å²) >= 11 is 0. The van der Waals surface area contributed by atoms with Crippen molar-refractivity contribution in [1.82, 2.24) is 5.32 Å². The van der Waals surface area contributed by atoms with Gasteiger partial charge in [-0.3, -0.25) is 4.79 Å². The van der Waals surface area contributed by atoms with Gasteiger partial charge in [-0.25, -0.2) is 4.79 Å². The van der Waals surface area contributed by atoms with Crippen LogP contribution in [0.15, 0.2) is 0 Å². The van der Waals surface area contributed by atoms with Crippen LogP contribution in [-0.2, 0) is 14.3 Å². The van der Waals surface area contributed by atoms with Crippen LogP contribution in [0.3, 0.4) is 0 Å². The van der Waals surface area contributed by atoms with Gasteiger partial charge in [0.1, 0.15) is 12.6 Å². The maximum atomic E-state index is 11.4. The zero-order valence-corrected chi connectivity index (χ0v) is 10.9. The second-order valence-corrected chi connectivity index (χ2v) is 4.39. The first kappa shape index (κ1) is 15.9. The Balaban J connectivity index is 3.80. The third-order valence-electron chi connectivity index (χ3n) is 2.37. The first-order chi connectivity index (χ1) is 7.99. The van der Waals surface area contributed by atoms with Crippen LogP contribution in [0.25, 0.3) is 0 Å². The Hall–Kier alpha value is -1.10. The van der Waals surface area contributed by atoms with Crippen LogP contribution in [0, 0.1) is 5.92 Å². The summed E-state index contributed by atoms with van der Waals surface area (Å²) < 4.78 is 5.15. The van der Waals surface area contributed by atoms with Crippen molar-refractivity contribution < 1.29 is 19.4 Å². The minimum Gasteiger partial charge on any atom is -0.480 e. The van der Waals surface area contributed by atoms with Gasteiger partial charge in [-0.1, -0.05) is 33.6 Å². The van der Waals surface area contributed by atoms with Crippen LogP contribution in [-0.4, -0.2) is 36.2 Å². The van der Waals surface area contributed by atoms with Gasteiger partial charge in [0.2, 0.25) is 5.91 Å². The minimum absolute atomic E-state index is 0.0692. The molecule has 0 saturated carbocycles. The fourth-order valence-corrected chi connectivity index (χ4v) is 1.35. The highest BCUT2D eigenvalue weighted by atomic mass is 16.5. The van der Waals surface area contributed by atoms with Gasteiger partial charge < -0.3 is 15.2 Å². The monoisotopic (exact) mass is 245 g/mol. The van der Waals surface area contributed by atoms with Crippen molar-refractivity contribution in [2.45, 2.75) is 46.1 Å². The summed E-state index contributed by atoms with van der Waals surface area (Å²) in [5.74, 6) is -1.53. The molecule has 0 aliphatic rings. The number of unbranched alkanes of at least 4 members (excludes halogenated alkanes) is 2. The summed E-state index contributed by atoms with van der Waals surface area (Å²) in [6, 6.07) is -0.846. The highest BCUT2D eigenvalue weighted by molar-refractivity contribution is 5.84. The molecule has 2 N–H and O–H groups in total. The molecule has 0 aromatic rings. The molecule has 0 saturated heterocycles. The van der Waals surface area contributed by atoms with Gasteiger partial charge in [0, 0.05) is 6.61 Å².